The third-order valence-electron chi connectivity index (χ3n) is 3.62. The van der Waals surface area contributed by atoms with Gasteiger partial charge in [0.25, 0.3) is 5.91 Å². The van der Waals surface area contributed by atoms with Gasteiger partial charge < -0.3 is 14.8 Å². The molecule has 0 saturated heterocycles. The van der Waals surface area contributed by atoms with Gasteiger partial charge in [-0.1, -0.05) is 17.7 Å². The number of aryl methyl sites for hydroxylation is 1. The number of methoxy groups -OCH3 is 2. The van der Waals surface area contributed by atoms with Crippen LogP contribution in [0.15, 0.2) is 40.4 Å². The molecule has 0 spiro atoms. The SMILES string of the molecule is COc1cc(OC)c(/C=C(\C#N)C(=O)Nc2cc(Cl)ccc2C)cc1Br. The number of benzene rings is 2. The highest BCUT2D eigenvalue weighted by atomic mass is 79.9. The molecular formula is C19H16BrClN2O3. The van der Waals surface area contributed by atoms with E-state index in [2.05, 4.69) is 21.2 Å². The second-order valence-electron chi connectivity index (χ2n) is 5.31. The molecule has 0 fully saturated rings. The first-order valence-corrected chi connectivity index (χ1v) is 8.67. The number of halogens is 2. The van der Waals surface area contributed by atoms with E-state index in [-0.39, 0.29) is 5.57 Å². The van der Waals surface area contributed by atoms with E-state index >= 15 is 0 Å². The minimum absolute atomic E-state index is 0.0697. The first kappa shape index (κ1) is 19.8. The zero-order valence-corrected chi connectivity index (χ0v) is 16.7. The summed E-state index contributed by atoms with van der Waals surface area (Å²) in [5, 5.41) is 12.6. The number of nitrogens with one attached hydrogen (secondary N) is 1. The maximum Gasteiger partial charge on any atom is 0.266 e. The molecule has 0 saturated carbocycles. The Bertz CT molecular complexity index is 920. The summed E-state index contributed by atoms with van der Waals surface area (Å²) in [5.74, 6) is 0.521. The lowest BCUT2D eigenvalue weighted by molar-refractivity contribution is -0.112. The van der Waals surface area contributed by atoms with Crippen LogP contribution in [0.25, 0.3) is 6.08 Å². The average Bonchev–Trinajstić information content (AvgIpc) is 2.62. The van der Waals surface area contributed by atoms with Crippen LogP contribution in [0.3, 0.4) is 0 Å². The second-order valence-corrected chi connectivity index (χ2v) is 6.60. The van der Waals surface area contributed by atoms with Crippen molar-refractivity contribution >= 4 is 45.2 Å². The number of nitriles is 1. The molecule has 0 bridgehead atoms. The number of hydrogen-bond donors (Lipinski definition) is 1. The molecule has 2 aromatic rings. The van der Waals surface area contributed by atoms with Gasteiger partial charge in [0.1, 0.15) is 23.1 Å². The molecule has 0 aliphatic heterocycles. The van der Waals surface area contributed by atoms with Crippen LogP contribution < -0.4 is 14.8 Å². The highest BCUT2D eigenvalue weighted by Gasteiger charge is 2.14. The Labute approximate surface area is 165 Å². The van der Waals surface area contributed by atoms with Crippen LogP contribution in [0.5, 0.6) is 11.5 Å². The van der Waals surface area contributed by atoms with Gasteiger partial charge in [0.2, 0.25) is 0 Å². The zero-order chi connectivity index (χ0) is 19.3. The van der Waals surface area contributed by atoms with E-state index in [4.69, 9.17) is 21.1 Å². The van der Waals surface area contributed by atoms with E-state index < -0.39 is 5.91 Å². The highest BCUT2D eigenvalue weighted by Crippen LogP contribution is 2.34. The number of rotatable bonds is 5. The molecular weight excluding hydrogens is 420 g/mol. The van der Waals surface area contributed by atoms with Crippen LogP contribution in [0, 0.1) is 18.3 Å². The predicted octanol–water partition coefficient (Wildman–Crippen LogP) is 4.97. The van der Waals surface area contributed by atoms with Crippen LogP contribution in [0.4, 0.5) is 5.69 Å². The summed E-state index contributed by atoms with van der Waals surface area (Å²) in [7, 11) is 3.04. The first-order chi connectivity index (χ1) is 12.4. The fourth-order valence-electron chi connectivity index (χ4n) is 2.22. The summed E-state index contributed by atoms with van der Waals surface area (Å²) in [6, 6.07) is 10.5. The van der Waals surface area contributed by atoms with Crippen molar-refractivity contribution in [1.29, 1.82) is 5.26 Å². The lowest BCUT2D eigenvalue weighted by Crippen LogP contribution is -2.14. The molecule has 5 nitrogen and oxygen atoms in total. The third kappa shape index (κ3) is 4.57. The molecule has 0 aliphatic rings. The molecule has 2 rings (SSSR count). The Morgan fingerprint density at radius 2 is 1.92 bits per heavy atom. The van der Waals surface area contributed by atoms with Gasteiger partial charge in [-0.15, -0.1) is 0 Å². The Hall–Kier alpha value is -2.49. The summed E-state index contributed by atoms with van der Waals surface area (Å²) in [4.78, 5) is 12.5. The number of amides is 1. The Balaban J connectivity index is 2.38. The van der Waals surface area contributed by atoms with Crippen molar-refractivity contribution in [1.82, 2.24) is 0 Å². The van der Waals surface area contributed by atoms with Crippen molar-refractivity contribution in [2.24, 2.45) is 0 Å². The Morgan fingerprint density at radius 3 is 2.54 bits per heavy atom. The van der Waals surface area contributed by atoms with Gasteiger partial charge in [-0.05, 0) is 52.7 Å². The lowest BCUT2D eigenvalue weighted by Gasteiger charge is -2.11. The number of nitrogens with zero attached hydrogens (tertiary/aromatic N) is 1. The molecule has 7 heteroatoms. The molecule has 0 aromatic heterocycles. The molecule has 134 valence electrons. The van der Waals surface area contributed by atoms with Gasteiger partial charge in [0, 0.05) is 22.3 Å². The number of hydrogen-bond acceptors (Lipinski definition) is 4. The van der Waals surface area contributed by atoms with Gasteiger partial charge in [-0.3, -0.25) is 4.79 Å². The first-order valence-electron chi connectivity index (χ1n) is 7.50. The normalized spacial score (nSPS) is 10.8. The zero-order valence-electron chi connectivity index (χ0n) is 14.4. The van der Waals surface area contributed by atoms with Gasteiger partial charge in [-0.25, -0.2) is 0 Å². The van der Waals surface area contributed by atoms with Gasteiger partial charge >= 0.3 is 0 Å². The number of carbonyl (C=O) groups excluding carboxylic acids is 1. The largest absolute Gasteiger partial charge is 0.496 e. The summed E-state index contributed by atoms with van der Waals surface area (Å²) < 4.78 is 11.2. The van der Waals surface area contributed by atoms with Crippen LogP contribution >= 0.6 is 27.5 Å². The van der Waals surface area contributed by atoms with Crippen LogP contribution in [-0.2, 0) is 4.79 Å². The summed E-state index contributed by atoms with van der Waals surface area (Å²) in [5.41, 5.74) is 1.88. The van der Waals surface area contributed by atoms with Crippen LogP contribution in [0.2, 0.25) is 5.02 Å². The number of carbonyl (C=O) groups is 1. The standard InChI is InChI=1S/C19H16BrClN2O3/c1-11-4-5-14(21)8-16(11)23-19(24)13(10-22)6-12-7-15(20)18(26-3)9-17(12)25-2/h4-9H,1-3H3,(H,23,24)/b13-6+. The number of ether oxygens (including phenoxy) is 2. The highest BCUT2D eigenvalue weighted by molar-refractivity contribution is 9.10. The van der Waals surface area contributed by atoms with Crippen molar-refractivity contribution in [2.75, 3.05) is 19.5 Å². The van der Waals surface area contributed by atoms with Crippen LogP contribution in [-0.4, -0.2) is 20.1 Å². The number of anilines is 1. The van der Waals surface area contributed by atoms with Crippen molar-refractivity contribution in [2.45, 2.75) is 6.92 Å². The molecule has 0 radical (unpaired) electrons. The lowest BCUT2D eigenvalue weighted by atomic mass is 10.1. The van der Waals surface area contributed by atoms with Gasteiger partial charge in [0.05, 0.1) is 18.7 Å². The topological polar surface area (TPSA) is 71.3 Å². The molecule has 0 heterocycles. The fourth-order valence-corrected chi connectivity index (χ4v) is 2.91. The average molecular weight is 436 g/mol. The maximum atomic E-state index is 12.5. The minimum Gasteiger partial charge on any atom is -0.496 e. The van der Waals surface area contributed by atoms with Gasteiger partial charge in [0.15, 0.2) is 0 Å². The van der Waals surface area contributed by atoms with E-state index in [1.807, 2.05) is 13.0 Å². The molecule has 0 unspecified atom stereocenters. The Morgan fingerprint density at radius 1 is 1.23 bits per heavy atom. The van der Waals surface area contributed by atoms with Gasteiger partial charge in [-0.2, -0.15) is 5.26 Å². The van der Waals surface area contributed by atoms with E-state index in [9.17, 15) is 10.1 Å². The second kappa shape index (κ2) is 8.75. The fraction of sp³-hybridized carbons (Fsp3) is 0.158. The predicted molar refractivity (Wildman–Crippen MR) is 106 cm³/mol. The molecule has 0 atom stereocenters. The quantitative estimate of drug-likeness (QED) is 0.531. The monoisotopic (exact) mass is 434 g/mol. The van der Waals surface area contributed by atoms with Crippen molar-refractivity contribution < 1.29 is 14.3 Å². The van der Waals surface area contributed by atoms with E-state index in [0.29, 0.717) is 32.2 Å². The van der Waals surface area contributed by atoms with E-state index in [0.717, 1.165) is 5.56 Å². The smallest absolute Gasteiger partial charge is 0.266 e. The van der Waals surface area contributed by atoms with Crippen molar-refractivity contribution in [3.05, 3.63) is 56.5 Å². The van der Waals surface area contributed by atoms with Crippen LogP contribution in [0.1, 0.15) is 11.1 Å². The minimum atomic E-state index is -0.535. The molecule has 1 N–H and O–H groups in total. The third-order valence-corrected chi connectivity index (χ3v) is 4.47. The van der Waals surface area contributed by atoms with E-state index in [1.54, 1.807) is 30.3 Å². The Kier molecular flexibility index (Phi) is 6.67. The van der Waals surface area contributed by atoms with Crippen molar-refractivity contribution in [3.63, 3.8) is 0 Å². The molecule has 0 aliphatic carbocycles. The molecule has 2 aromatic carbocycles. The summed E-state index contributed by atoms with van der Waals surface area (Å²) in [6.07, 6.45) is 1.46. The van der Waals surface area contributed by atoms with E-state index in [1.165, 1.54) is 20.3 Å². The molecule has 26 heavy (non-hydrogen) atoms. The summed E-state index contributed by atoms with van der Waals surface area (Å²) >= 11 is 9.35. The van der Waals surface area contributed by atoms with Crippen molar-refractivity contribution in [3.8, 4) is 17.6 Å². The summed E-state index contributed by atoms with van der Waals surface area (Å²) in [6.45, 7) is 1.84. The maximum absolute atomic E-state index is 12.5. The molecule has 1 amide bonds.